The molecule has 28 heavy (non-hydrogen) atoms. The molecule has 1 heterocycles. The molecule has 0 aliphatic rings. The lowest BCUT2D eigenvalue weighted by molar-refractivity contribution is -0.118. The molecule has 2 amide bonds. The van der Waals surface area contributed by atoms with E-state index in [0.717, 1.165) is 0 Å². The zero-order valence-electron chi connectivity index (χ0n) is 15.6. The van der Waals surface area contributed by atoms with Gasteiger partial charge in [0.05, 0.1) is 0 Å². The van der Waals surface area contributed by atoms with Crippen LogP contribution in [0.5, 0.6) is 5.75 Å². The molecule has 0 fully saturated rings. The van der Waals surface area contributed by atoms with Crippen molar-refractivity contribution in [1.29, 1.82) is 0 Å². The number of carbonyl (C=O) groups excluding carboxylic acids is 2. The number of aromatic nitrogens is 1. The van der Waals surface area contributed by atoms with Gasteiger partial charge in [-0.1, -0.05) is 32.0 Å². The maximum atomic E-state index is 12.3. The number of rotatable bonds is 7. The van der Waals surface area contributed by atoms with Crippen LogP contribution in [0.4, 0.5) is 10.8 Å². The van der Waals surface area contributed by atoms with Crippen LogP contribution in [0, 0.1) is 0 Å². The summed E-state index contributed by atoms with van der Waals surface area (Å²) in [6.45, 7) is 4.12. The van der Waals surface area contributed by atoms with Gasteiger partial charge in [-0.15, -0.1) is 11.3 Å². The summed E-state index contributed by atoms with van der Waals surface area (Å²) in [4.78, 5) is 28.4. The molecule has 0 atom stereocenters. The Morgan fingerprint density at radius 1 is 1.11 bits per heavy atom. The van der Waals surface area contributed by atoms with Crippen molar-refractivity contribution in [3.63, 3.8) is 0 Å². The van der Waals surface area contributed by atoms with Crippen molar-refractivity contribution in [3.8, 4) is 5.75 Å². The smallest absolute Gasteiger partial charge is 0.262 e. The van der Waals surface area contributed by atoms with Crippen LogP contribution < -0.4 is 15.4 Å². The summed E-state index contributed by atoms with van der Waals surface area (Å²) in [6.07, 6.45) is 1.62. The molecular formula is C21H21N3O3S. The van der Waals surface area contributed by atoms with E-state index >= 15 is 0 Å². The van der Waals surface area contributed by atoms with Crippen LogP contribution in [0.15, 0.2) is 60.1 Å². The highest BCUT2D eigenvalue weighted by atomic mass is 32.1. The first-order valence-corrected chi connectivity index (χ1v) is 9.73. The van der Waals surface area contributed by atoms with Gasteiger partial charge < -0.3 is 10.1 Å². The molecule has 6 nitrogen and oxygen atoms in total. The Morgan fingerprint density at radius 2 is 1.89 bits per heavy atom. The van der Waals surface area contributed by atoms with Crippen molar-refractivity contribution in [2.24, 2.45) is 0 Å². The van der Waals surface area contributed by atoms with Gasteiger partial charge >= 0.3 is 0 Å². The van der Waals surface area contributed by atoms with Crippen LogP contribution in [-0.4, -0.2) is 23.4 Å². The standard InChI is InChI=1S/C21H21N3O3S/c1-14(2)15-6-8-18(9-7-15)27-13-19(25)23-17-5-3-4-16(12-17)20(26)24-21-22-10-11-28-21/h3-12,14H,13H2,1-2H3,(H,23,25)(H,22,24,26). The molecule has 0 unspecified atom stereocenters. The molecule has 1 aromatic heterocycles. The Labute approximate surface area is 167 Å². The zero-order chi connectivity index (χ0) is 19.9. The molecule has 2 N–H and O–H groups in total. The third-order valence-electron chi connectivity index (χ3n) is 3.98. The van der Waals surface area contributed by atoms with Crippen molar-refractivity contribution in [2.75, 3.05) is 17.2 Å². The predicted molar refractivity (Wildman–Crippen MR) is 111 cm³/mol. The number of anilines is 2. The monoisotopic (exact) mass is 395 g/mol. The Morgan fingerprint density at radius 3 is 2.57 bits per heavy atom. The lowest BCUT2D eigenvalue weighted by atomic mass is 10.0. The summed E-state index contributed by atoms with van der Waals surface area (Å²) in [7, 11) is 0. The van der Waals surface area contributed by atoms with Crippen molar-refractivity contribution in [1.82, 2.24) is 4.98 Å². The highest BCUT2D eigenvalue weighted by molar-refractivity contribution is 7.13. The molecule has 144 valence electrons. The second kappa shape index (κ2) is 9.14. The highest BCUT2D eigenvalue weighted by Gasteiger charge is 2.10. The number of nitrogens with one attached hydrogen (secondary N) is 2. The molecule has 0 radical (unpaired) electrons. The van der Waals surface area contributed by atoms with Crippen molar-refractivity contribution < 1.29 is 14.3 Å². The molecule has 0 aliphatic carbocycles. The van der Waals surface area contributed by atoms with Crippen LogP contribution in [0.1, 0.15) is 35.7 Å². The molecule has 2 aromatic carbocycles. The first kappa shape index (κ1) is 19.6. The quantitative estimate of drug-likeness (QED) is 0.616. The number of thiazole rings is 1. The van der Waals surface area contributed by atoms with E-state index in [1.54, 1.807) is 35.8 Å². The molecule has 3 aromatic rings. The van der Waals surface area contributed by atoms with E-state index in [1.165, 1.54) is 16.9 Å². The lowest BCUT2D eigenvalue weighted by Gasteiger charge is -2.10. The minimum Gasteiger partial charge on any atom is -0.484 e. The highest BCUT2D eigenvalue weighted by Crippen LogP contribution is 2.19. The number of nitrogens with zero attached hydrogens (tertiary/aromatic N) is 1. The fourth-order valence-corrected chi connectivity index (χ4v) is 3.01. The van der Waals surface area contributed by atoms with Gasteiger partial charge in [-0.05, 0) is 41.8 Å². The minimum atomic E-state index is -0.301. The first-order chi connectivity index (χ1) is 13.5. The van der Waals surface area contributed by atoms with E-state index < -0.39 is 0 Å². The Kier molecular flexibility index (Phi) is 6.39. The van der Waals surface area contributed by atoms with Gasteiger partial charge in [0, 0.05) is 22.8 Å². The second-order valence-electron chi connectivity index (χ2n) is 6.43. The van der Waals surface area contributed by atoms with Crippen molar-refractivity contribution in [2.45, 2.75) is 19.8 Å². The number of amides is 2. The van der Waals surface area contributed by atoms with Crippen molar-refractivity contribution >= 4 is 34.0 Å². The van der Waals surface area contributed by atoms with Gasteiger partial charge in [-0.25, -0.2) is 4.98 Å². The normalized spacial score (nSPS) is 10.5. The summed E-state index contributed by atoms with van der Waals surface area (Å²) < 4.78 is 5.52. The SMILES string of the molecule is CC(C)c1ccc(OCC(=O)Nc2cccc(C(=O)Nc3nccs3)c2)cc1. The number of benzene rings is 2. The van der Waals surface area contributed by atoms with E-state index in [2.05, 4.69) is 29.5 Å². The number of ether oxygens (including phenoxy) is 1. The minimum absolute atomic E-state index is 0.115. The molecule has 7 heteroatoms. The van der Waals surface area contributed by atoms with E-state index in [0.29, 0.717) is 28.0 Å². The molecular weight excluding hydrogens is 374 g/mol. The van der Waals surface area contributed by atoms with E-state index in [-0.39, 0.29) is 18.4 Å². The summed E-state index contributed by atoms with van der Waals surface area (Å²) in [5.41, 5.74) is 2.17. The predicted octanol–water partition coefficient (Wildman–Crippen LogP) is 4.54. The van der Waals surface area contributed by atoms with Crippen LogP contribution in [0.2, 0.25) is 0 Å². The second-order valence-corrected chi connectivity index (χ2v) is 7.33. The zero-order valence-corrected chi connectivity index (χ0v) is 16.5. The maximum absolute atomic E-state index is 12.3. The van der Waals surface area contributed by atoms with Crippen molar-refractivity contribution in [3.05, 3.63) is 71.2 Å². The van der Waals surface area contributed by atoms with E-state index in [1.807, 2.05) is 24.3 Å². The third kappa shape index (κ3) is 5.40. The number of carbonyl (C=O) groups is 2. The van der Waals surface area contributed by atoms with Gasteiger partial charge in [0.1, 0.15) is 5.75 Å². The number of hydrogen-bond acceptors (Lipinski definition) is 5. The van der Waals surface area contributed by atoms with E-state index in [9.17, 15) is 9.59 Å². The van der Waals surface area contributed by atoms with Crippen LogP contribution in [-0.2, 0) is 4.79 Å². The van der Waals surface area contributed by atoms with Crippen LogP contribution in [0.25, 0.3) is 0 Å². The fraction of sp³-hybridized carbons (Fsp3) is 0.190. The average molecular weight is 395 g/mol. The number of hydrogen-bond donors (Lipinski definition) is 2. The molecule has 0 bridgehead atoms. The lowest BCUT2D eigenvalue weighted by Crippen LogP contribution is -2.20. The average Bonchev–Trinajstić information content (AvgIpc) is 3.20. The molecule has 0 spiro atoms. The van der Waals surface area contributed by atoms with Gasteiger partial charge in [0.25, 0.3) is 11.8 Å². The van der Waals surface area contributed by atoms with Gasteiger partial charge in [0.2, 0.25) is 0 Å². The Bertz CT molecular complexity index is 938. The Balaban J connectivity index is 1.54. The molecule has 0 saturated heterocycles. The molecule has 3 rings (SSSR count). The molecule has 0 aliphatic heterocycles. The summed E-state index contributed by atoms with van der Waals surface area (Å²) in [6, 6.07) is 14.4. The molecule has 0 saturated carbocycles. The maximum Gasteiger partial charge on any atom is 0.262 e. The van der Waals surface area contributed by atoms with E-state index in [4.69, 9.17) is 4.74 Å². The third-order valence-corrected chi connectivity index (χ3v) is 4.67. The largest absolute Gasteiger partial charge is 0.484 e. The van der Waals surface area contributed by atoms with Crippen LogP contribution >= 0.6 is 11.3 Å². The van der Waals surface area contributed by atoms with Gasteiger partial charge in [0.15, 0.2) is 11.7 Å². The fourth-order valence-electron chi connectivity index (χ4n) is 2.49. The summed E-state index contributed by atoms with van der Waals surface area (Å²) in [5.74, 6) is 0.492. The Hall–Kier alpha value is -3.19. The van der Waals surface area contributed by atoms with Crippen LogP contribution in [0.3, 0.4) is 0 Å². The topological polar surface area (TPSA) is 80.3 Å². The first-order valence-electron chi connectivity index (χ1n) is 8.85. The summed E-state index contributed by atoms with van der Waals surface area (Å²) >= 11 is 1.34. The summed E-state index contributed by atoms with van der Waals surface area (Å²) in [5, 5.41) is 7.75. The van der Waals surface area contributed by atoms with Gasteiger partial charge in [-0.3, -0.25) is 14.9 Å². The van der Waals surface area contributed by atoms with Gasteiger partial charge in [-0.2, -0.15) is 0 Å².